The zero-order valence-corrected chi connectivity index (χ0v) is 9.21. The van der Waals surface area contributed by atoms with Crippen molar-refractivity contribution in [2.45, 2.75) is 40.2 Å². The Morgan fingerprint density at radius 1 is 1.43 bits per heavy atom. The number of hydrogen-bond donors (Lipinski definition) is 1. The van der Waals surface area contributed by atoms with E-state index in [4.69, 9.17) is 4.52 Å². The van der Waals surface area contributed by atoms with Gasteiger partial charge in [0.2, 0.25) is 5.89 Å². The summed E-state index contributed by atoms with van der Waals surface area (Å²) in [7, 11) is 0. The van der Waals surface area contributed by atoms with Gasteiger partial charge in [0.15, 0.2) is 5.82 Å². The van der Waals surface area contributed by atoms with Gasteiger partial charge < -0.3 is 9.84 Å². The Balaban J connectivity index is 2.35. The van der Waals surface area contributed by atoms with E-state index in [0.29, 0.717) is 18.4 Å². The van der Waals surface area contributed by atoms with Crippen molar-refractivity contribution in [2.24, 2.45) is 5.92 Å². The highest BCUT2D eigenvalue weighted by atomic mass is 16.5. The quantitative estimate of drug-likeness (QED) is 0.755. The molecule has 0 saturated heterocycles. The smallest absolute Gasteiger partial charge is 0.240 e. The number of nitrogens with zero attached hydrogens (tertiary/aromatic N) is 2. The molecule has 0 aromatic carbocycles. The molecule has 0 aliphatic heterocycles. The van der Waals surface area contributed by atoms with Gasteiger partial charge in [-0.2, -0.15) is 4.98 Å². The lowest BCUT2D eigenvalue weighted by molar-refractivity contribution is 0.363. The molecule has 4 heteroatoms. The van der Waals surface area contributed by atoms with Crippen LogP contribution in [0.25, 0.3) is 0 Å². The van der Waals surface area contributed by atoms with Crippen LogP contribution < -0.4 is 5.32 Å². The number of hydrogen-bond acceptors (Lipinski definition) is 4. The molecule has 0 unspecified atom stereocenters. The third-order valence-electron chi connectivity index (χ3n) is 1.98. The first kappa shape index (κ1) is 11.2. The van der Waals surface area contributed by atoms with E-state index in [-0.39, 0.29) is 0 Å². The first-order chi connectivity index (χ1) is 6.72. The van der Waals surface area contributed by atoms with Crippen molar-refractivity contribution in [1.82, 2.24) is 15.5 Å². The first-order valence-corrected chi connectivity index (χ1v) is 5.24. The molecule has 4 nitrogen and oxygen atoms in total. The van der Waals surface area contributed by atoms with Gasteiger partial charge >= 0.3 is 0 Å². The summed E-state index contributed by atoms with van der Waals surface area (Å²) in [5.41, 5.74) is 0. The van der Waals surface area contributed by atoms with E-state index in [1.807, 2.05) is 0 Å². The van der Waals surface area contributed by atoms with Crippen LogP contribution in [0.2, 0.25) is 0 Å². The summed E-state index contributed by atoms with van der Waals surface area (Å²) in [6.45, 7) is 8.03. The number of rotatable bonds is 6. The van der Waals surface area contributed by atoms with Crippen LogP contribution in [-0.4, -0.2) is 16.7 Å². The molecular weight excluding hydrogens is 178 g/mol. The van der Waals surface area contributed by atoms with Crippen molar-refractivity contribution in [3.8, 4) is 0 Å². The van der Waals surface area contributed by atoms with Gasteiger partial charge in [0.1, 0.15) is 0 Å². The fraction of sp³-hybridized carbons (Fsp3) is 0.800. The second kappa shape index (κ2) is 5.75. The maximum Gasteiger partial charge on any atom is 0.240 e. The SMILES string of the molecule is CCNCc1nc(CCC(C)C)no1. The second-order valence-corrected chi connectivity index (χ2v) is 3.82. The van der Waals surface area contributed by atoms with Gasteiger partial charge in [-0.3, -0.25) is 0 Å². The Bertz CT molecular complexity index is 258. The normalized spacial score (nSPS) is 11.1. The minimum atomic E-state index is 0.672. The maximum atomic E-state index is 5.08. The van der Waals surface area contributed by atoms with E-state index in [9.17, 15) is 0 Å². The van der Waals surface area contributed by atoms with E-state index in [0.717, 1.165) is 25.2 Å². The molecular formula is C10H19N3O. The van der Waals surface area contributed by atoms with Crippen molar-refractivity contribution in [1.29, 1.82) is 0 Å². The molecule has 0 fully saturated rings. The number of aryl methyl sites for hydroxylation is 1. The van der Waals surface area contributed by atoms with Crippen LogP contribution in [0.1, 0.15) is 38.9 Å². The Kier molecular flexibility index (Phi) is 4.59. The summed E-state index contributed by atoms with van der Waals surface area (Å²) in [4.78, 5) is 4.28. The molecule has 80 valence electrons. The predicted octanol–water partition coefficient (Wildman–Crippen LogP) is 1.77. The molecule has 1 heterocycles. The zero-order chi connectivity index (χ0) is 10.4. The largest absolute Gasteiger partial charge is 0.338 e. The first-order valence-electron chi connectivity index (χ1n) is 5.24. The van der Waals surface area contributed by atoms with Crippen LogP contribution >= 0.6 is 0 Å². The lowest BCUT2D eigenvalue weighted by Crippen LogP contribution is -2.11. The Morgan fingerprint density at radius 2 is 2.21 bits per heavy atom. The molecule has 1 aromatic rings. The lowest BCUT2D eigenvalue weighted by Gasteiger charge is -1.98. The predicted molar refractivity (Wildman–Crippen MR) is 54.8 cm³/mol. The third kappa shape index (κ3) is 3.87. The molecule has 0 radical (unpaired) electrons. The van der Waals surface area contributed by atoms with Gasteiger partial charge in [0.25, 0.3) is 0 Å². The lowest BCUT2D eigenvalue weighted by atomic mass is 10.1. The molecule has 0 saturated carbocycles. The number of nitrogens with one attached hydrogen (secondary N) is 1. The molecule has 0 aliphatic rings. The van der Waals surface area contributed by atoms with E-state index in [2.05, 4.69) is 36.2 Å². The summed E-state index contributed by atoms with van der Waals surface area (Å²) in [6, 6.07) is 0. The summed E-state index contributed by atoms with van der Waals surface area (Å²) < 4.78 is 5.08. The third-order valence-corrected chi connectivity index (χ3v) is 1.98. The van der Waals surface area contributed by atoms with E-state index < -0.39 is 0 Å². The minimum Gasteiger partial charge on any atom is -0.338 e. The van der Waals surface area contributed by atoms with Gasteiger partial charge in [-0.1, -0.05) is 25.9 Å². The summed E-state index contributed by atoms with van der Waals surface area (Å²) in [5.74, 6) is 2.20. The second-order valence-electron chi connectivity index (χ2n) is 3.82. The van der Waals surface area contributed by atoms with Gasteiger partial charge in [-0.05, 0) is 18.9 Å². The molecule has 0 aliphatic carbocycles. The molecule has 0 atom stereocenters. The zero-order valence-electron chi connectivity index (χ0n) is 9.21. The molecule has 1 aromatic heterocycles. The van der Waals surface area contributed by atoms with Gasteiger partial charge in [0, 0.05) is 6.42 Å². The monoisotopic (exact) mass is 197 g/mol. The molecule has 0 bridgehead atoms. The standard InChI is InChI=1S/C10H19N3O/c1-4-11-7-10-12-9(13-14-10)6-5-8(2)3/h8,11H,4-7H2,1-3H3. The highest BCUT2D eigenvalue weighted by Crippen LogP contribution is 2.06. The minimum absolute atomic E-state index is 0.672. The molecule has 0 amide bonds. The summed E-state index contributed by atoms with van der Waals surface area (Å²) >= 11 is 0. The van der Waals surface area contributed by atoms with E-state index >= 15 is 0 Å². The van der Waals surface area contributed by atoms with Crippen LogP contribution in [0.3, 0.4) is 0 Å². The van der Waals surface area contributed by atoms with Crippen LogP contribution in [-0.2, 0) is 13.0 Å². The highest BCUT2D eigenvalue weighted by Gasteiger charge is 2.05. The van der Waals surface area contributed by atoms with Crippen molar-refractivity contribution < 1.29 is 4.52 Å². The topological polar surface area (TPSA) is 51.0 Å². The fourth-order valence-corrected chi connectivity index (χ4v) is 1.11. The Labute approximate surface area is 85.1 Å². The maximum absolute atomic E-state index is 5.08. The van der Waals surface area contributed by atoms with Crippen LogP contribution in [0.5, 0.6) is 0 Å². The Morgan fingerprint density at radius 3 is 2.86 bits per heavy atom. The van der Waals surface area contributed by atoms with E-state index in [1.165, 1.54) is 0 Å². The van der Waals surface area contributed by atoms with Crippen LogP contribution in [0, 0.1) is 5.92 Å². The number of aromatic nitrogens is 2. The Hall–Kier alpha value is -0.900. The van der Waals surface area contributed by atoms with Crippen LogP contribution in [0.15, 0.2) is 4.52 Å². The summed E-state index contributed by atoms with van der Waals surface area (Å²) in [5, 5.41) is 7.06. The molecule has 1 rings (SSSR count). The van der Waals surface area contributed by atoms with Gasteiger partial charge in [0.05, 0.1) is 6.54 Å². The molecule has 1 N–H and O–H groups in total. The van der Waals surface area contributed by atoms with Gasteiger partial charge in [-0.25, -0.2) is 0 Å². The fourth-order valence-electron chi connectivity index (χ4n) is 1.11. The van der Waals surface area contributed by atoms with Crippen molar-refractivity contribution in [3.05, 3.63) is 11.7 Å². The van der Waals surface area contributed by atoms with E-state index in [1.54, 1.807) is 0 Å². The van der Waals surface area contributed by atoms with Crippen molar-refractivity contribution >= 4 is 0 Å². The average Bonchev–Trinajstić information content (AvgIpc) is 2.59. The van der Waals surface area contributed by atoms with Crippen molar-refractivity contribution in [2.75, 3.05) is 6.54 Å². The van der Waals surface area contributed by atoms with Gasteiger partial charge in [-0.15, -0.1) is 0 Å². The van der Waals surface area contributed by atoms with Crippen molar-refractivity contribution in [3.63, 3.8) is 0 Å². The highest BCUT2D eigenvalue weighted by molar-refractivity contribution is 4.86. The molecule has 14 heavy (non-hydrogen) atoms. The summed E-state index contributed by atoms with van der Waals surface area (Å²) in [6.07, 6.45) is 2.02. The molecule has 0 spiro atoms. The van der Waals surface area contributed by atoms with Crippen LogP contribution in [0.4, 0.5) is 0 Å². The average molecular weight is 197 g/mol.